The summed E-state index contributed by atoms with van der Waals surface area (Å²) in [4.78, 5) is 8.79. The van der Waals surface area contributed by atoms with E-state index in [1.807, 2.05) is 146 Å². The van der Waals surface area contributed by atoms with Crippen molar-refractivity contribution in [3.8, 4) is 0 Å². The maximum atomic E-state index is 4.40. The van der Waals surface area contributed by atoms with Gasteiger partial charge in [0.1, 0.15) is 0 Å². The molecular weight excluding hydrogens is 492 g/mol. The van der Waals surface area contributed by atoms with Gasteiger partial charge in [-0.3, -0.25) is 0 Å². The lowest BCUT2D eigenvalue weighted by Crippen LogP contribution is -1.99. The van der Waals surface area contributed by atoms with Crippen molar-refractivity contribution in [2.45, 2.75) is 0 Å². The number of rotatable bonds is 8. The van der Waals surface area contributed by atoms with Gasteiger partial charge in [0.05, 0.1) is 11.4 Å². The maximum absolute atomic E-state index is 4.40. The van der Waals surface area contributed by atoms with Crippen LogP contribution in [0.1, 0.15) is 0 Å². The largest absolute Gasteiger partial charge is 0.353 e. The van der Waals surface area contributed by atoms with E-state index < -0.39 is 0 Å². The molecular formula is C34H30N6. The molecule has 0 aliphatic rings. The first-order valence-corrected chi connectivity index (χ1v) is 13.0. The summed E-state index contributed by atoms with van der Waals surface area (Å²) in [6.07, 6.45) is 3.56. The van der Waals surface area contributed by atoms with E-state index >= 15 is 0 Å². The Kier molecular flexibility index (Phi) is 8.96. The second-order valence-electron chi connectivity index (χ2n) is 8.76. The Hall–Kier alpha value is -5.62. The molecule has 0 bridgehead atoms. The van der Waals surface area contributed by atoms with Gasteiger partial charge in [0.2, 0.25) is 0 Å². The van der Waals surface area contributed by atoms with E-state index in [4.69, 9.17) is 0 Å². The minimum Gasteiger partial charge on any atom is -0.353 e. The third-order valence-electron chi connectivity index (χ3n) is 5.79. The van der Waals surface area contributed by atoms with Crippen molar-refractivity contribution in [3.05, 3.63) is 158 Å². The number of hydrogen-bond acceptors (Lipinski definition) is 6. The van der Waals surface area contributed by atoms with Gasteiger partial charge in [-0.05, 0) is 72.8 Å². The van der Waals surface area contributed by atoms with Gasteiger partial charge in [0.25, 0.3) is 0 Å². The van der Waals surface area contributed by atoms with Crippen LogP contribution in [0, 0.1) is 0 Å². The fourth-order valence-corrected chi connectivity index (χ4v) is 3.88. The second kappa shape index (κ2) is 13.8. The van der Waals surface area contributed by atoms with Crippen LogP contribution in [-0.4, -0.2) is 9.97 Å². The summed E-state index contributed by atoms with van der Waals surface area (Å²) in [6, 6.07) is 48.0. The fraction of sp³-hybridized carbons (Fsp3) is 0. The molecule has 2 aromatic heterocycles. The van der Waals surface area contributed by atoms with Crippen molar-refractivity contribution in [2.75, 3.05) is 21.3 Å². The van der Waals surface area contributed by atoms with Crippen LogP contribution < -0.4 is 21.3 Å². The molecule has 6 rings (SSSR count). The smallest absolute Gasteiger partial charge is 0.154 e. The van der Waals surface area contributed by atoms with Crippen molar-refractivity contribution >= 4 is 45.8 Å². The Bertz CT molecular complexity index is 1330. The lowest BCUT2D eigenvalue weighted by Gasteiger charge is -2.12. The van der Waals surface area contributed by atoms with Crippen LogP contribution in [-0.2, 0) is 0 Å². The zero-order valence-electron chi connectivity index (χ0n) is 21.9. The molecule has 0 atom stereocenters. The number of benzene rings is 4. The van der Waals surface area contributed by atoms with Crippen LogP contribution in [0.2, 0.25) is 0 Å². The zero-order chi connectivity index (χ0) is 27.2. The molecule has 0 amide bonds. The molecule has 4 N–H and O–H groups in total. The van der Waals surface area contributed by atoms with Gasteiger partial charge in [0.15, 0.2) is 11.6 Å². The lowest BCUT2D eigenvalue weighted by molar-refractivity contribution is 1.30. The van der Waals surface area contributed by atoms with Crippen LogP contribution in [0.3, 0.4) is 0 Å². The van der Waals surface area contributed by atoms with Gasteiger partial charge in [0, 0.05) is 35.1 Å². The van der Waals surface area contributed by atoms with Crippen LogP contribution >= 0.6 is 0 Å². The third-order valence-corrected chi connectivity index (χ3v) is 5.79. The van der Waals surface area contributed by atoms with Gasteiger partial charge in [-0.2, -0.15) is 0 Å². The van der Waals surface area contributed by atoms with E-state index in [9.17, 15) is 0 Å². The number of anilines is 8. The average molecular weight is 523 g/mol. The molecule has 0 aliphatic heterocycles. The minimum absolute atomic E-state index is 0.808. The Balaban J connectivity index is 0.000000161. The van der Waals surface area contributed by atoms with E-state index in [0.29, 0.717) is 0 Å². The number of nitrogens with one attached hydrogen (secondary N) is 4. The first kappa shape index (κ1) is 26.0. The molecule has 0 fully saturated rings. The number of nitrogens with zero attached hydrogens (tertiary/aromatic N) is 2. The quantitative estimate of drug-likeness (QED) is 0.160. The van der Waals surface area contributed by atoms with Crippen molar-refractivity contribution in [2.24, 2.45) is 0 Å². The topological polar surface area (TPSA) is 73.9 Å². The summed E-state index contributed by atoms with van der Waals surface area (Å²) in [5.41, 5.74) is 6.00. The highest BCUT2D eigenvalue weighted by molar-refractivity contribution is 5.76. The van der Waals surface area contributed by atoms with Crippen LogP contribution in [0.4, 0.5) is 45.8 Å². The van der Waals surface area contributed by atoms with E-state index in [0.717, 1.165) is 45.8 Å². The Morgan fingerprint density at radius 3 is 0.925 bits per heavy atom. The highest BCUT2D eigenvalue weighted by Gasteiger charge is 2.05. The summed E-state index contributed by atoms with van der Waals surface area (Å²) in [6.45, 7) is 0. The van der Waals surface area contributed by atoms with E-state index in [2.05, 4.69) is 31.2 Å². The normalized spacial score (nSPS) is 10.0. The average Bonchev–Trinajstić information content (AvgIpc) is 3.02. The summed E-state index contributed by atoms with van der Waals surface area (Å²) >= 11 is 0. The maximum Gasteiger partial charge on any atom is 0.154 e. The van der Waals surface area contributed by atoms with Crippen LogP contribution in [0.25, 0.3) is 0 Å². The highest BCUT2D eigenvalue weighted by atomic mass is 15.0. The Labute approximate surface area is 234 Å². The van der Waals surface area contributed by atoms with Crippen molar-refractivity contribution in [1.29, 1.82) is 0 Å². The van der Waals surface area contributed by atoms with E-state index in [1.54, 1.807) is 12.4 Å². The summed E-state index contributed by atoms with van der Waals surface area (Å²) in [7, 11) is 0. The molecule has 0 saturated heterocycles. The monoisotopic (exact) mass is 522 g/mol. The molecule has 0 unspecified atom stereocenters. The minimum atomic E-state index is 0.808. The molecule has 2 heterocycles. The predicted molar refractivity (Wildman–Crippen MR) is 167 cm³/mol. The molecule has 0 aliphatic carbocycles. The lowest BCUT2D eigenvalue weighted by atomic mass is 10.3. The van der Waals surface area contributed by atoms with Crippen LogP contribution in [0.5, 0.6) is 0 Å². The van der Waals surface area contributed by atoms with Gasteiger partial charge in [-0.1, -0.05) is 72.8 Å². The van der Waals surface area contributed by atoms with Gasteiger partial charge >= 0.3 is 0 Å². The predicted octanol–water partition coefficient (Wildman–Crippen LogP) is 9.14. The molecule has 6 aromatic rings. The zero-order valence-corrected chi connectivity index (χ0v) is 21.9. The first-order valence-electron chi connectivity index (χ1n) is 13.0. The fourth-order valence-electron chi connectivity index (χ4n) is 3.88. The number of pyridine rings is 2. The van der Waals surface area contributed by atoms with E-state index in [1.165, 1.54) is 0 Å². The first-order chi connectivity index (χ1) is 19.8. The van der Waals surface area contributed by atoms with Gasteiger partial charge < -0.3 is 21.3 Å². The number of para-hydroxylation sites is 4. The molecule has 0 radical (unpaired) electrons. The van der Waals surface area contributed by atoms with Crippen molar-refractivity contribution in [1.82, 2.24) is 9.97 Å². The molecule has 40 heavy (non-hydrogen) atoms. The SMILES string of the molecule is c1ccc(Nc2cccnc2Nc2ccccc2)cc1.c1ccc(Nc2cccnc2Nc2ccccc2)cc1. The Morgan fingerprint density at radius 1 is 0.300 bits per heavy atom. The molecule has 6 heteroatoms. The van der Waals surface area contributed by atoms with Gasteiger partial charge in [-0.25, -0.2) is 9.97 Å². The van der Waals surface area contributed by atoms with Crippen LogP contribution in [0.15, 0.2) is 158 Å². The molecule has 0 saturated carbocycles. The standard InChI is InChI=1S/2C17H15N3/c2*1-3-8-14(9-4-1)19-16-12-7-13-18-17(16)20-15-10-5-2-6-11-15/h2*1-13,19H,(H,18,20). The van der Waals surface area contributed by atoms with Crippen molar-refractivity contribution in [3.63, 3.8) is 0 Å². The molecule has 6 nitrogen and oxygen atoms in total. The second-order valence-corrected chi connectivity index (χ2v) is 8.76. The molecule has 196 valence electrons. The molecule has 0 spiro atoms. The summed E-state index contributed by atoms with van der Waals surface area (Å²) < 4.78 is 0. The number of hydrogen-bond donors (Lipinski definition) is 4. The van der Waals surface area contributed by atoms with Crippen molar-refractivity contribution < 1.29 is 0 Å². The summed E-state index contributed by atoms with van der Waals surface area (Å²) in [5.74, 6) is 1.62. The van der Waals surface area contributed by atoms with Gasteiger partial charge in [-0.15, -0.1) is 0 Å². The number of aromatic nitrogens is 2. The summed E-state index contributed by atoms with van der Waals surface area (Å²) in [5, 5.41) is 13.4. The Morgan fingerprint density at radius 2 is 0.600 bits per heavy atom. The molecule has 4 aromatic carbocycles. The highest BCUT2D eigenvalue weighted by Crippen LogP contribution is 2.27. The third kappa shape index (κ3) is 7.69. The van der Waals surface area contributed by atoms with E-state index in [-0.39, 0.29) is 0 Å².